The Morgan fingerprint density at radius 1 is 1.00 bits per heavy atom. The quantitative estimate of drug-likeness (QED) is 0.0484. The van der Waals surface area contributed by atoms with Crippen LogP contribution in [0.15, 0.2) is 63.6 Å². The molecular weight excluding hydrogens is 827 g/mol. The number of ether oxygens (including phenoxy) is 5. The molecule has 2 aliphatic rings. The lowest BCUT2D eigenvalue weighted by Crippen LogP contribution is -2.46. The predicted octanol–water partition coefficient (Wildman–Crippen LogP) is 6.58. The summed E-state index contributed by atoms with van der Waals surface area (Å²) in [5.41, 5.74) is -0.435. The minimum atomic E-state index is -1.12. The number of fused-ring (bicyclic) bond motifs is 17. The van der Waals surface area contributed by atoms with E-state index in [-0.39, 0.29) is 62.0 Å². The van der Waals surface area contributed by atoms with Gasteiger partial charge in [0.2, 0.25) is 6.79 Å². The zero-order chi connectivity index (χ0) is 47.2. The molecule has 0 saturated carbocycles. The number of esters is 1. The van der Waals surface area contributed by atoms with Gasteiger partial charge < -0.3 is 53.6 Å². The van der Waals surface area contributed by atoms with Crippen molar-refractivity contribution in [3.05, 3.63) is 75.7 Å². The summed E-state index contributed by atoms with van der Waals surface area (Å²) in [6, 6.07) is 4.97. The van der Waals surface area contributed by atoms with E-state index in [0.29, 0.717) is 24.4 Å². The molecule has 3 heterocycles. The molecule has 2 aliphatic heterocycles. The minimum absolute atomic E-state index is 0.0136. The number of anilines is 1. The smallest absolute Gasteiger partial charge is 0.302 e. The van der Waals surface area contributed by atoms with Crippen LogP contribution < -0.4 is 20.2 Å². The largest absolute Gasteiger partial charge is 0.505 e. The number of aromatic hydroxyl groups is 1. The standard InChI is InChI=1S/C48H61N3O13/c1-12-33(53)36-37-38-43(56)29(7)46(36)62-23-60-20-18-34(59-11)26(4)45(63-30(8)52)28(6)42(55)27(5)41(54)24(2)14-13-15-25(3)48(58)50-40(44(38)57)47-39(37)49-32-22-31(16-17-35(32)64-47)61-21-19-51(9)10/h13-18,20,22,24,26-28,34,41-42,45,54-55,57H,12,19,21,23H2,1-11H3,(H,50,58)/b14-13+,20-18+,25-15-/t24-,26+,27+,28+,34-,41-,42+,45+/m0/s1. The Morgan fingerprint density at radius 3 is 2.38 bits per heavy atom. The van der Waals surface area contributed by atoms with E-state index in [1.54, 1.807) is 71.0 Å². The molecular formula is C48H61N3O13. The molecule has 0 spiro atoms. The molecule has 4 N–H and O–H groups in total. The van der Waals surface area contributed by atoms with E-state index in [1.807, 2.05) is 19.0 Å². The number of nitrogens with one attached hydrogen (secondary N) is 1. The molecule has 0 unspecified atom stereocenters. The van der Waals surface area contributed by atoms with Crippen LogP contribution in [0.25, 0.3) is 33.0 Å². The number of ketones is 1. The zero-order valence-electron chi connectivity index (χ0n) is 38.4. The first-order chi connectivity index (χ1) is 30.3. The predicted molar refractivity (Wildman–Crippen MR) is 243 cm³/mol. The van der Waals surface area contributed by atoms with Crippen molar-refractivity contribution in [2.75, 3.05) is 46.5 Å². The number of hydrogen-bond acceptors (Lipinski definition) is 15. The Labute approximate surface area is 372 Å². The Hall–Kier alpha value is -5.81. The molecule has 16 nitrogen and oxygen atoms in total. The summed E-state index contributed by atoms with van der Waals surface area (Å²) >= 11 is 0. The number of methoxy groups -OCH3 is 1. The second-order valence-corrected chi connectivity index (χ2v) is 16.7. The minimum Gasteiger partial charge on any atom is -0.505 e. The summed E-state index contributed by atoms with van der Waals surface area (Å²) in [5, 5.41) is 37.3. The fourth-order valence-corrected chi connectivity index (χ4v) is 7.98. The van der Waals surface area contributed by atoms with Gasteiger partial charge in [-0.2, -0.15) is 0 Å². The number of nitrogens with zero attached hydrogens (tertiary/aromatic N) is 2. The summed E-state index contributed by atoms with van der Waals surface area (Å²) in [4.78, 5) is 61.6. The van der Waals surface area contributed by atoms with E-state index in [2.05, 4.69) is 5.32 Å². The van der Waals surface area contributed by atoms with Crippen LogP contribution in [0.5, 0.6) is 17.2 Å². The van der Waals surface area contributed by atoms with Gasteiger partial charge in [0, 0.05) is 73.3 Å². The van der Waals surface area contributed by atoms with Gasteiger partial charge in [-0.05, 0) is 46.2 Å². The first-order valence-corrected chi connectivity index (χ1v) is 21.4. The molecule has 1 aromatic heterocycles. The molecule has 1 amide bonds. The number of amides is 1. The first kappa shape index (κ1) is 49.2. The Balaban J connectivity index is 1.76. The summed E-state index contributed by atoms with van der Waals surface area (Å²) in [6.45, 7) is 13.4. The second-order valence-electron chi connectivity index (χ2n) is 16.7. The SMILES string of the molecule is CCC(=O)c1c2c(C)c(=O)c3c(O)c(c4oc5ccc(OCCN(C)C)cc5nc4c13)NC(=O)/C(C)=C\C=C\[C@H](C)[C@H](O)[C@@H](C)[C@@H](O)[C@@H](C)[C@H](OC(C)=O)[C@H](C)[C@@H](OC)/C=C/OCO2. The fraction of sp³-hybridized carbons (Fsp3) is 0.479. The maximum atomic E-state index is 14.4. The molecule has 346 valence electrons. The van der Waals surface area contributed by atoms with Crippen molar-refractivity contribution in [2.45, 2.75) is 86.2 Å². The van der Waals surface area contributed by atoms with Gasteiger partial charge in [0.1, 0.15) is 40.9 Å². The number of aliphatic hydroxyl groups excluding tert-OH is 2. The number of aromatic nitrogens is 1. The molecule has 0 fully saturated rings. The van der Waals surface area contributed by atoms with Crippen LogP contribution in [-0.2, 0) is 23.8 Å². The molecule has 4 bridgehead atoms. The van der Waals surface area contributed by atoms with Gasteiger partial charge in [-0.15, -0.1) is 0 Å². The number of carbonyl (C=O) groups excluding carboxylic acids is 3. The topological polar surface area (TPSA) is 216 Å². The third-order valence-corrected chi connectivity index (χ3v) is 11.8. The molecule has 4 aromatic rings. The lowest BCUT2D eigenvalue weighted by molar-refractivity contribution is -0.160. The number of phenolic OH excluding ortho intramolecular Hbond substituents is 1. The summed E-state index contributed by atoms with van der Waals surface area (Å²) in [5.74, 6) is -4.34. The van der Waals surface area contributed by atoms with Gasteiger partial charge in [-0.1, -0.05) is 52.8 Å². The van der Waals surface area contributed by atoms with Crippen LogP contribution in [0.1, 0.15) is 70.8 Å². The van der Waals surface area contributed by atoms with Crippen LogP contribution in [-0.4, -0.2) is 108 Å². The van der Waals surface area contributed by atoms with E-state index in [4.69, 9.17) is 33.1 Å². The summed E-state index contributed by atoms with van der Waals surface area (Å²) in [7, 11) is 5.31. The number of allylic oxidation sites excluding steroid dienone is 2. The van der Waals surface area contributed by atoms with Crippen molar-refractivity contribution >= 4 is 56.3 Å². The Bertz CT molecular complexity index is 2530. The molecule has 8 atom stereocenters. The van der Waals surface area contributed by atoms with E-state index in [0.717, 1.165) is 0 Å². The Kier molecular flexibility index (Phi) is 16.3. The number of rotatable bonds is 8. The van der Waals surface area contributed by atoms with Crippen molar-refractivity contribution in [2.24, 2.45) is 23.7 Å². The molecule has 0 aliphatic carbocycles. The van der Waals surface area contributed by atoms with E-state index in [1.165, 1.54) is 40.2 Å². The van der Waals surface area contributed by atoms with Crippen molar-refractivity contribution in [1.82, 2.24) is 9.88 Å². The normalized spacial score (nSPS) is 25.8. The zero-order valence-corrected chi connectivity index (χ0v) is 38.4. The maximum absolute atomic E-state index is 14.4. The highest BCUT2D eigenvalue weighted by molar-refractivity contribution is 6.24. The van der Waals surface area contributed by atoms with E-state index in [9.17, 15) is 34.5 Å². The molecule has 0 radical (unpaired) electrons. The van der Waals surface area contributed by atoms with Gasteiger partial charge >= 0.3 is 5.97 Å². The molecule has 6 rings (SSSR count). The number of likely N-dealkylation sites (N-methyl/N-ethyl adjacent to an activating group) is 1. The van der Waals surface area contributed by atoms with Crippen molar-refractivity contribution < 1.29 is 57.8 Å². The molecule has 16 heteroatoms. The van der Waals surface area contributed by atoms with Crippen LogP contribution >= 0.6 is 0 Å². The van der Waals surface area contributed by atoms with Gasteiger partial charge in [0.05, 0.1) is 35.5 Å². The average molecular weight is 888 g/mol. The fourth-order valence-electron chi connectivity index (χ4n) is 7.98. The number of carbonyl (C=O) groups is 3. The van der Waals surface area contributed by atoms with Crippen LogP contribution in [0.2, 0.25) is 0 Å². The molecule has 64 heavy (non-hydrogen) atoms. The third-order valence-electron chi connectivity index (χ3n) is 11.8. The average Bonchev–Trinajstić information content (AvgIpc) is 3.26. The highest BCUT2D eigenvalue weighted by Crippen LogP contribution is 2.45. The van der Waals surface area contributed by atoms with Crippen LogP contribution in [0.3, 0.4) is 0 Å². The van der Waals surface area contributed by atoms with E-state index >= 15 is 0 Å². The molecule has 3 aromatic carbocycles. The highest BCUT2D eigenvalue weighted by atomic mass is 16.7. The van der Waals surface area contributed by atoms with Crippen LogP contribution in [0.4, 0.5) is 5.69 Å². The van der Waals surface area contributed by atoms with Crippen molar-refractivity contribution in [1.29, 1.82) is 0 Å². The van der Waals surface area contributed by atoms with E-state index < -0.39 is 83.7 Å². The van der Waals surface area contributed by atoms with Crippen molar-refractivity contribution in [3.63, 3.8) is 0 Å². The highest BCUT2D eigenvalue weighted by Gasteiger charge is 2.39. The van der Waals surface area contributed by atoms with Gasteiger partial charge in [-0.3, -0.25) is 19.2 Å². The molecule has 0 saturated heterocycles. The monoisotopic (exact) mass is 887 g/mol. The number of benzene rings is 3. The number of hydrogen-bond donors (Lipinski definition) is 4. The third kappa shape index (κ3) is 10.6. The first-order valence-electron chi connectivity index (χ1n) is 21.4. The van der Waals surface area contributed by atoms with Gasteiger partial charge in [0.15, 0.2) is 28.1 Å². The number of aliphatic hydroxyl groups is 2. The van der Waals surface area contributed by atoms with Crippen LogP contribution in [0, 0.1) is 30.6 Å². The lowest BCUT2D eigenvalue weighted by atomic mass is 9.78. The van der Waals surface area contributed by atoms with Crippen molar-refractivity contribution in [3.8, 4) is 17.2 Å². The lowest BCUT2D eigenvalue weighted by Gasteiger charge is -2.38. The van der Waals surface area contributed by atoms with Gasteiger partial charge in [0.25, 0.3) is 5.91 Å². The Morgan fingerprint density at radius 2 is 1.72 bits per heavy atom. The maximum Gasteiger partial charge on any atom is 0.302 e. The number of phenols is 1. The van der Waals surface area contributed by atoms with Gasteiger partial charge in [-0.25, -0.2) is 4.98 Å². The summed E-state index contributed by atoms with van der Waals surface area (Å²) < 4.78 is 35.7. The number of Topliss-reactive ketones (excluding diaryl/α,β-unsaturated/α-hetero) is 1. The summed E-state index contributed by atoms with van der Waals surface area (Å²) in [6.07, 6.45) is 3.90. The second kappa shape index (κ2) is 21.2.